The Balaban J connectivity index is 2.43. The SMILES string of the molecule is C#CCNCC(=O)N1C[C@@H](C)[C@H](C(=O)O)C1. The molecule has 0 unspecified atom stereocenters. The first-order valence-corrected chi connectivity index (χ1v) is 5.21. The number of carbonyl (C=O) groups excluding carboxylic acids is 1. The van der Waals surface area contributed by atoms with E-state index in [0.29, 0.717) is 19.6 Å². The van der Waals surface area contributed by atoms with Crippen LogP contribution >= 0.6 is 0 Å². The van der Waals surface area contributed by atoms with Crippen molar-refractivity contribution in [1.29, 1.82) is 0 Å². The predicted octanol–water partition coefficient (Wildman–Crippen LogP) is -0.612. The maximum absolute atomic E-state index is 11.6. The minimum Gasteiger partial charge on any atom is -0.481 e. The number of hydrogen-bond donors (Lipinski definition) is 2. The zero-order valence-electron chi connectivity index (χ0n) is 9.27. The zero-order valence-corrected chi connectivity index (χ0v) is 9.27. The third kappa shape index (κ3) is 2.97. The molecule has 1 rings (SSSR count). The molecule has 5 heteroatoms. The normalized spacial score (nSPS) is 24.1. The van der Waals surface area contributed by atoms with Gasteiger partial charge in [-0.25, -0.2) is 0 Å². The van der Waals surface area contributed by atoms with Crippen molar-refractivity contribution >= 4 is 11.9 Å². The summed E-state index contributed by atoms with van der Waals surface area (Å²) in [7, 11) is 0. The van der Waals surface area contributed by atoms with Gasteiger partial charge in [0.1, 0.15) is 0 Å². The molecule has 0 aliphatic carbocycles. The van der Waals surface area contributed by atoms with E-state index in [1.54, 1.807) is 4.90 Å². The van der Waals surface area contributed by atoms with Crippen LogP contribution in [0, 0.1) is 24.2 Å². The lowest BCUT2D eigenvalue weighted by Gasteiger charge is -2.15. The monoisotopic (exact) mass is 224 g/mol. The minimum absolute atomic E-state index is 0.00841. The molecule has 1 aliphatic rings. The third-order valence-electron chi connectivity index (χ3n) is 2.79. The number of nitrogens with one attached hydrogen (secondary N) is 1. The van der Waals surface area contributed by atoms with Crippen LogP contribution in [0.1, 0.15) is 6.92 Å². The molecule has 2 atom stereocenters. The number of nitrogens with zero attached hydrogens (tertiary/aromatic N) is 1. The standard InChI is InChI=1S/C11H16N2O3/c1-3-4-12-5-10(14)13-6-8(2)9(7-13)11(15)16/h1,8-9,12H,4-7H2,2H3,(H,15,16)/t8-,9-/m1/s1. The number of hydrogen-bond acceptors (Lipinski definition) is 3. The van der Waals surface area contributed by atoms with Gasteiger partial charge in [0.2, 0.25) is 5.91 Å². The van der Waals surface area contributed by atoms with E-state index < -0.39 is 11.9 Å². The molecule has 0 radical (unpaired) electrons. The van der Waals surface area contributed by atoms with E-state index in [1.807, 2.05) is 6.92 Å². The summed E-state index contributed by atoms with van der Waals surface area (Å²) in [4.78, 5) is 24.1. The highest BCUT2D eigenvalue weighted by atomic mass is 16.4. The van der Waals surface area contributed by atoms with Crippen LogP contribution < -0.4 is 5.32 Å². The molecule has 0 aromatic carbocycles. The van der Waals surface area contributed by atoms with Crippen molar-refractivity contribution in [3.63, 3.8) is 0 Å². The molecule has 0 aromatic rings. The molecular formula is C11H16N2O3. The van der Waals surface area contributed by atoms with Gasteiger partial charge >= 0.3 is 5.97 Å². The van der Waals surface area contributed by atoms with Crippen molar-refractivity contribution in [2.75, 3.05) is 26.2 Å². The van der Waals surface area contributed by atoms with E-state index in [2.05, 4.69) is 11.2 Å². The van der Waals surface area contributed by atoms with Gasteiger partial charge in [0.15, 0.2) is 0 Å². The number of carboxylic acids is 1. The lowest BCUT2D eigenvalue weighted by molar-refractivity contribution is -0.142. The number of rotatable bonds is 4. The van der Waals surface area contributed by atoms with Gasteiger partial charge in [-0.1, -0.05) is 12.8 Å². The summed E-state index contributed by atoms with van der Waals surface area (Å²) >= 11 is 0. The second kappa shape index (κ2) is 5.52. The lowest BCUT2D eigenvalue weighted by Crippen LogP contribution is -2.37. The maximum Gasteiger partial charge on any atom is 0.308 e. The zero-order chi connectivity index (χ0) is 12.1. The highest BCUT2D eigenvalue weighted by Gasteiger charge is 2.36. The Morgan fingerprint density at radius 1 is 1.56 bits per heavy atom. The van der Waals surface area contributed by atoms with Crippen LogP contribution in [0.3, 0.4) is 0 Å². The summed E-state index contributed by atoms with van der Waals surface area (Å²) in [6.07, 6.45) is 5.04. The van der Waals surface area contributed by atoms with E-state index in [9.17, 15) is 9.59 Å². The van der Waals surface area contributed by atoms with Gasteiger partial charge in [0.05, 0.1) is 19.0 Å². The van der Waals surface area contributed by atoms with Crippen molar-refractivity contribution in [2.45, 2.75) is 6.92 Å². The largest absolute Gasteiger partial charge is 0.481 e. The molecule has 2 N–H and O–H groups in total. The van der Waals surface area contributed by atoms with Crippen LogP contribution in [0.5, 0.6) is 0 Å². The first-order chi connectivity index (χ1) is 7.56. The summed E-state index contributed by atoms with van der Waals surface area (Å²) in [6, 6.07) is 0. The van der Waals surface area contributed by atoms with Crippen LogP contribution in [0.25, 0.3) is 0 Å². The Bertz CT molecular complexity index is 322. The predicted molar refractivity (Wildman–Crippen MR) is 58.6 cm³/mol. The number of carboxylic acid groups (broad SMARTS) is 1. The average molecular weight is 224 g/mol. The average Bonchev–Trinajstić information content (AvgIpc) is 2.60. The second-order valence-corrected chi connectivity index (χ2v) is 4.03. The summed E-state index contributed by atoms with van der Waals surface area (Å²) in [6.45, 7) is 3.17. The van der Waals surface area contributed by atoms with Crippen molar-refractivity contribution in [1.82, 2.24) is 10.2 Å². The van der Waals surface area contributed by atoms with Crippen molar-refractivity contribution in [2.24, 2.45) is 11.8 Å². The van der Waals surface area contributed by atoms with Crippen molar-refractivity contribution in [3.05, 3.63) is 0 Å². The summed E-state index contributed by atoms with van der Waals surface area (Å²) < 4.78 is 0. The number of aliphatic carboxylic acids is 1. The van der Waals surface area contributed by atoms with Crippen molar-refractivity contribution < 1.29 is 14.7 Å². The number of likely N-dealkylation sites (tertiary alicyclic amines) is 1. The van der Waals surface area contributed by atoms with Crippen LogP contribution in [-0.2, 0) is 9.59 Å². The van der Waals surface area contributed by atoms with E-state index >= 15 is 0 Å². The molecule has 1 saturated heterocycles. The Labute approximate surface area is 94.8 Å². The molecule has 1 aliphatic heterocycles. The van der Waals surface area contributed by atoms with Gasteiger partial charge in [0, 0.05) is 13.1 Å². The molecule has 5 nitrogen and oxygen atoms in total. The molecule has 0 spiro atoms. The first kappa shape index (κ1) is 12.5. The lowest BCUT2D eigenvalue weighted by atomic mass is 9.99. The van der Waals surface area contributed by atoms with Crippen LogP contribution in [0.15, 0.2) is 0 Å². The van der Waals surface area contributed by atoms with E-state index in [1.165, 1.54) is 0 Å². The second-order valence-electron chi connectivity index (χ2n) is 4.03. The van der Waals surface area contributed by atoms with E-state index in [-0.39, 0.29) is 18.4 Å². The molecule has 0 bridgehead atoms. The quantitative estimate of drug-likeness (QED) is 0.493. The summed E-state index contributed by atoms with van der Waals surface area (Å²) in [5.74, 6) is 1.01. The minimum atomic E-state index is -0.834. The van der Waals surface area contributed by atoms with Gasteiger partial charge in [-0.3, -0.25) is 14.9 Å². The number of amides is 1. The van der Waals surface area contributed by atoms with Gasteiger partial charge in [0.25, 0.3) is 0 Å². The fraction of sp³-hybridized carbons (Fsp3) is 0.636. The smallest absolute Gasteiger partial charge is 0.308 e. The van der Waals surface area contributed by atoms with E-state index in [4.69, 9.17) is 11.5 Å². The molecule has 0 aromatic heterocycles. The van der Waals surface area contributed by atoms with Crippen LogP contribution in [0.4, 0.5) is 0 Å². The fourth-order valence-corrected chi connectivity index (χ4v) is 1.85. The Kier molecular flexibility index (Phi) is 4.32. The molecule has 0 saturated carbocycles. The number of carbonyl (C=O) groups is 2. The van der Waals surface area contributed by atoms with Gasteiger partial charge < -0.3 is 10.0 Å². The van der Waals surface area contributed by atoms with Crippen LogP contribution in [0.2, 0.25) is 0 Å². The maximum atomic E-state index is 11.6. The first-order valence-electron chi connectivity index (χ1n) is 5.21. The van der Waals surface area contributed by atoms with Gasteiger partial charge in [-0.05, 0) is 5.92 Å². The van der Waals surface area contributed by atoms with E-state index in [0.717, 1.165) is 0 Å². The highest BCUT2D eigenvalue weighted by Crippen LogP contribution is 2.22. The Morgan fingerprint density at radius 3 is 2.75 bits per heavy atom. The molecule has 1 fully saturated rings. The van der Waals surface area contributed by atoms with Gasteiger partial charge in [-0.15, -0.1) is 6.42 Å². The third-order valence-corrected chi connectivity index (χ3v) is 2.79. The Hall–Kier alpha value is -1.54. The number of terminal acetylenes is 1. The topological polar surface area (TPSA) is 69.6 Å². The molecule has 1 heterocycles. The summed E-state index contributed by atoms with van der Waals surface area (Å²) in [5.41, 5.74) is 0. The van der Waals surface area contributed by atoms with Crippen molar-refractivity contribution in [3.8, 4) is 12.3 Å². The fourth-order valence-electron chi connectivity index (χ4n) is 1.85. The molecule has 88 valence electrons. The van der Waals surface area contributed by atoms with Crippen LogP contribution in [-0.4, -0.2) is 48.1 Å². The highest BCUT2D eigenvalue weighted by molar-refractivity contribution is 5.80. The molecule has 16 heavy (non-hydrogen) atoms. The molecule has 1 amide bonds. The Morgan fingerprint density at radius 2 is 2.25 bits per heavy atom. The van der Waals surface area contributed by atoms with Gasteiger partial charge in [-0.2, -0.15) is 0 Å². The summed E-state index contributed by atoms with van der Waals surface area (Å²) in [5, 5.41) is 11.7. The molecular weight excluding hydrogens is 208 g/mol.